The second kappa shape index (κ2) is 7.77. The largest absolute Gasteiger partial charge is 0.434 e. The molecule has 0 bridgehead atoms. The van der Waals surface area contributed by atoms with E-state index in [0.717, 1.165) is 5.56 Å². The average molecular weight is 357 g/mol. The molecule has 134 valence electrons. The molecule has 1 atom stereocenters. The van der Waals surface area contributed by atoms with Crippen molar-refractivity contribution in [2.24, 2.45) is 0 Å². The maximum absolute atomic E-state index is 12.8. The monoisotopic (exact) mass is 357 g/mol. The summed E-state index contributed by atoms with van der Waals surface area (Å²) in [6.45, 7) is -1.15. The summed E-state index contributed by atoms with van der Waals surface area (Å²) in [7, 11) is 0. The topological polar surface area (TPSA) is 67.0 Å². The van der Waals surface area contributed by atoms with Crippen LogP contribution in [0.1, 0.15) is 28.9 Å². The summed E-state index contributed by atoms with van der Waals surface area (Å²) in [5, 5.41) is 9.27. The van der Waals surface area contributed by atoms with Crippen molar-refractivity contribution in [1.29, 1.82) is 0 Å². The number of benzene rings is 2. The number of alkyl halides is 2. The Hall–Kier alpha value is -3.22. The predicted molar refractivity (Wildman–Crippen MR) is 93.0 cm³/mol. The Balaban J connectivity index is 1.84. The second-order valence-electron chi connectivity index (χ2n) is 5.68. The number of aromatic amines is 1. The molecule has 26 heavy (non-hydrogen) atoms. The highest BCUT2D eigenvalue weighted by Gasteiger charge is 2.17. The number of nitrogens with one attached hydrogen (secondary N) is 2. The number of ether oxygens (including phenoxy) is 1. The van der Waals surface area contributed by atoms with Gasteiger partial charge >= 0.3 is 6.61 Å². The highest BCUT2D eigenvalue weighted by molar-refractivity contribution is 5.95. The molecule has 3 rings (SSSR count). The summed E-state index contributed by atoms with van der Waals surface area (Å²) >= 11 is 0. The minimum atomic E-state index is -3.00. The number of nitrogens with zero attached hydrogens (tertiary/aromatic N) is 1. The van der Waals surface area contributed by atoms with Crippen LogP contribution in [0.3, 0.4) is 0 Å². The van der Waals surface area contributed by atoms with Crippen molar-refractivity contribution in [1.82, 2.24) is 15.5 Å². The molecule has 0 radical (unpaired) electrons. The third-order valence-corrected chi connectivity index (χ3v) is 3.92. The van der Waals surface area contributed by atoms with Gasteiger partial charge in [0, 0.05) is 22.9 Å². The number of hydrogen-bond donors (Lipinski definition) is 2. The van der Waals surface area contributed by atoms with Gasteiger partial charge in [0.05, 0.1) is 12.2 Å². The number of rotatable bonds is 6. The quantitative estimate of drug-likeness (QED) is 0.696. The van der Waals surface area contributed by atoms with E-state index in [1.54, 1.807) is 18.3 Å². The number of H-pyrrole nitrogens is 1. The van der Waals surface area contributed by atoms with Gasteiger partial charge in [-0.1, -0.05) is 30.3 Å². The van der Waals surface area contributed by atoms with Crippen LogP contribution >= 0.6 is 0 Å². The highest BCUT2D eigenvalue weighted by Crippen LogP contribution is 2.31. The van der Waals surface area contributed by atoms with Crippen LogP contribution in [0, 0.1) is 0 Å². The van der Waals surface area contributed by atoms with Crippen molar-refractivity contribution in [3.63, 3.8) is 0 Å². The van der Waals surface area contributed by atoms with Crippen molar-refractivity contribution >= 4 is 5.91 Å². The number of carbonyl (C=O) groups is 1. The molecule has 1 amide bonds. The molecular weight excluding hydrogens is 340 g/mol. The molecule has 7 heteroatoms. The number of aromatic nitrogens is 2. The summed E-state index contributed by atoms with van der Waals surface area (Å²) in [5.41, 5.74) is 2.19. The standard InChI is InChI=1S/C19H17F2N3O2/c1-12(13-5-3-2-4-6-13)24-18(25)14-7-8-16(15-10-22-23-11-15)17(9-14)26-19(20)21/h2-12,19H,1H3,(H,22,23)(H,24,25)/t12-/m1/s1. The van der Waals surface area contributed by atoms with Crippen LogP contribution in [0.25, 0.3) is 11.1 Å². The van der Waals surface area contributed by atoms with Crippen LogP contribution in [0.15, 0.2) is 60.9 Å². The van der Waals surface area contributed by atoms with Gasteiger partial charge in [0.2, 0.25) is 0 Å². The SMILES string of the molecule is C[C@@H](NC(=O)c1ccc(-c2cn[nH]c2)c(OC(F)F)c1)c1ccccc1. The normalized spacial score (nSPS) is 12.0. The average Bonchev–Trinajstić information content (AvgIpc) is 3.16. The molecule has 0 saturated carbocycles. The molecule has 1 aromatic heterocycles. The van der Waals surface area contributed by atoms with E-state index in [-0.39, 0.29) is 23.3 Å². The van der Waals surface area contributed by atoms with E-state index in [4.69, 9.17) is 0 Å². The second-order valence-corrected chi connectivity index (χ2v) is 5.68. The van der Waals surface area contributed by atoms with Crippen molar-refractivity contribution in [2.75, 3.05) is 0 Å². The van der Waals surface area contributed by atoms with E-state index < -0.39 is 6.61 Å². The summed E-state index contributed by atoms with van der Waals surface area (Å²) < 4.78 is 30.1. The third-order valence-electron chi connectivity index (χ3n) is 3.92. The maximum atomic E-state index is 12.8. The van der Waals surface area contributed by atoms with Crippen LogP contribution in [0.4, 0.5) is 8.78 Å². The molecule has 2 N–H and O–H groups in total. The summed E-state index contributed by atoms with van der Waals surface area (Å²) in [6, 6.07) is 13.7. The van der Waals surface area contributed by atoms with Gasteiger partial charge in [-0.3, -0.25) is 9.89 Å². The maximum Gasteiger partial charge on any atom is 0.387 e. The Labute approximate surface area is 149 Å². The van der Waals surface area contributed by atoms with Crippen LogP contribution in [0.5, 0.6) is 5.75 Å². The van der Waals surface area contributed by atoms with Gasteiger partial charge in [-0.05, 0) is 30.7 Å². The number of carbonyl (C=O) groups excluding carboxylic acids is 1. The zero-order chi connectivity index (χ0) is 18.5. The first-order valence-electron chi connectivity index (χ1n) is 7.98. The smallest absolute Gasteiger partial charge is 0.387 e. The van der Waals surface area contributed by atoms with Gasteiger partial charge in [0.1, 0.15) is 5.75 Å². The van der Waals surface area contributed by atoms with E-state index in [0.29, 0.717) is 11.1 Å². The van der Waals surface area contributed by atoms with Gasteiger partial charge in [0.25, 0.3) is 5.91 Å². The molecule has 0 fully saturated rings. The van der Waals surface area contributed by atoms with Gasteiger partial charge in [-0.25, -0.2) is 0 Å². The van der Waals surface area contributed by atoms with Crippen molar-refractivity contribution < 1.29 is 18.3 Å². The lowest BCUT2D eigenvalue weighted by atomic mass is 10.0. The van der Waals surface area contributed by atoms with E-state index in [2.05, 4.69) is 20.3 Å². The zero-order valence-corrected chi connectivity index (χ0v) is 13.9. The van der Waals surface area contributed by atoms with Gasteiger partial charge in [-0.15, -0.1) is 0 Å². The number of amides is 1. The van der Waals surface area contributed by atoms with Crippen LogP contribution in [-0.4, -0.2) is 22.7 Å². The summed E-state index contributed by atoms with van der Waals surface area (Å²) in [5.74, 6) is -0.458. The molecular formula is C19H17F2N3O2. The van der Waals surface area contributed by atoms with Crippen LogP contribution < -0.4 is 10.1 Å². The van der Waals surface area contributed by atoms with Crippen molar-refractivity contribution in [3.8, 4) is 16.9 Å². The van der Waals surface area contributed by atoms with Crippen molar-refractivity contribution in [3.05, 3.63) is 72.1 Å². The predicted octanol–water partition coefficient (Wildman–Crippen LogP) is 4.17. The van der Waals surface area contributed by atoms with E-state index >= 15 is 0 Å². The molecule has 0 aliphatic heterocycles. The fraction of sp³-hybridized carbons (Fsp3) is 0.158. The van der Waals surface area contributed by atoms with Crippen LogP contribution in [-0.2, 0) is 0 Å². The minimum Gasteiger partial charge on any atom is -0.434 e. The van der Waals surface area contributed by atoms with Gasteiger partial charge < -0.3 is 10.1 Å². The van der Waals surface area contributed by atoms with Gasteiger partial charge in [-0.2, -0.15) is 13.9 Å². The van der Waals surface area contributed by atoms with E-state index in [9.17, 15) is 13.6 Å². The van der Waals surface area contributed by atoms with E-state index in [1.807, 2.05) is 37.3 Å². The lowest BCUT2D eigenvalue weighted by Gasteiger charge is -2.16. The number of hydrogen-bond acceptors (Lipinski definition) is 3. The molecule has 1 heterocycles. The molecule has 0 spiro atoms. The minimum absolute atomic E-state index is 0.0820. The number of halogens is 2. The summed E-state index contributed by atoms with van der Waals surface area (Å²) in [4.78, 5) is 12.5. The first-order chi connectivity index (χ1) is 12.5. The first kappa shape index (κ1) is 17.6. The molecule has 0 aliphatic carbocycles. The third kappa shape index (κ3) is 4.05. The summed E-state index contributed by atoms with van der Waals surface area (Å²) in [6.07, 6.45) is 3.05. The lowest BCUT2D eigenvalue weighted by molar-refractivity contribution is -0.0494. The Bertz CT molecular complexity index is 868. The fourth-order valence-electron chi connectivity index (χ4n) is 2.60. The molecule has 5 nitrogen and oxygen atoms in total. The van der Waals surface area contributed by atoms with Gasteiger partial charge in [0.15, 0.2) is 0 Å². The Morgan fingerprint density at radius 3 is 2.62 bits per heavy atom. The molecule has 0 saturated heterocycles. The lowest BCUT2D eigenvalue weighted by Crippen LogP contribution is -2.26. The fourth-order valence-corrected chi connectivity index (χ4v) is 2.60. The Morgan fingerprint density at radius 2 is 1.96 bits per heavy atom. The highest BCUT2D eigenvalue weighted by atomic mass is 19.3. The molecule has 3 aromatic rings. The van der Waals surface area contributed by atoms with Crippen LogP contribution in [0.2, 0.25) is 0 Å². The first-order valence-corrected chi connectivity index (χ1v) is 7.98. The van der Waals surface area contributed by atoms with E-state index in [1.165, 1.54) is 12.3 Å². The van der Waals surface area contributed by atoms with Crippen molar-refractivity contribution in [2.45, 2.75) is 19.6 Å². The zero-order valence-electron chi connectivity index (χ0n) is 13.9. The Morgan fingerprint density at radius 1 is 1.19 bits per heavy atom. The molecule has 0 aliphatic rings. The molecule has 2 aromatic carbocycles. The Kier molecular flexibility index (Phi) is 5.26. The molecule has 0 unspecified atom stereocenters.